The number of nitriles is 1. The Kier molecular flexibility index (Phi) is 6.38. The van der Waals surface area contributed by atoms with Gasteiger partial charge in [-0.3, -0.25) is 4.79 Å². The van der Waals surface area contributed by atoms with Gasteiger partial charge in [-0.15, -0.1) is 0 Å². The van der Waals surface area contributed by atoms with Gasteiger partial charge in [0.25, 0.3) is 5.91 Å². The molecule has 0 fully saturated rings. The number of hydrogen-bond acceptors (Lipinski definition) is 5. The van der Waals surface area contributed by atoms with Gasteiger partial charge in [-0.1, -0.05) is 18.2 Å². The summed E-state index contributed by atoms with van der Waals surface area (Å²) in [6.45, 7) is 1.76. The van der Waals surface area contributed by atoms with Gasteiger partial charge >= 0.3 is 5.97 Å². The summed E-state index contributed by atoms with van der Waals surface area (Å²) in [7, 11) is 0. The highest BCUT2D eigenvalue weighted by molar-refractivity contribution is 5.97. The Labute approximate surface area is 168 Å². The van der Waals surface area contributed by atoms with Crippen LogP contribution in [-0.4, -0.2) is 34.8 Å². The molecule has 1 heterocycles. The van der Waals surface area contributed by atoms with Gasteiger partial charge in [-0.25, -0.2) is 9.48 Å². The summed E-state index contributed by atoms with van der Waals surface area (Å²) in [6, 6.07) is 19.7. The number of anilines is 1. The van der Waals surface area contributed by atoms with Crippen LogP contribution >= 0.6 is 0 Å². The Balaban J connectivity index is 1.63. The van der Waals surface area contributed by atoms with E-state index in [1.807, 2.05) is 25.1 Å². The smallest absolute Gasteiger partial charge is 0.338 e. The number of aryl methyl sites for hydroxylation is 1. The molecule has 0 aliphatic rings. The summed E-state index contributed by atoms with van der Waals surface area (Å²) >= 11 is 0. The molecule has 7 nitrogen and oxygen atoms in total. The number of carbonyl (C=O) groups is 2. The molecule has 1 amide bonds. The number of para-hydroxylation sites is 1. The zero-order valence-corrected chi connectivity index (χ0v) is 16.0. The van der Waals surface area contributed by atoms with E-state index < -0.39 is 12.6 Å². The molecule has 0 unspecified atom stereocenters. The van der Waals surface area contributed by atoms with E-state index in [4.69, 9.17) is 10.00 Å². The molecule has 0 atom stereocenters. The van der Waals surface area contributed by atoms with Crippen LogP contribution < -0.4 is 4.90 Å². The zero-order chi connectivity index (χ0) is 20.6. The number of benzene rings is 2. The van der Waals surface area contributed by atoms with E-state index in [9.17, 15) is 9.59 Å². The quantitative estimate of drug-likeness (QED) is 0.580. The van der Waals surface area contributed by atoms with E-state index in [1.165, 1.54) is 4.90 Å². The molecule has 3 aromatic rings. The van der Waals surface area contributed by atoms with Crippen molar-refractivity contribution in [3.63, 3.8) is 0 Å². The van der Waals surface area contributed by atoms with Crippen molar-refractivity contribution >= 4 is 17.6 Å². The Morgan fingerprint density at radius 2 is 1.83 bits per heavy atom. The SMILES string of the molecule is Cc1ccnn1-c1ccc(C(=O)OCC(=O)N(CCC#N)c2ccccc2)cc1. The minimum atomic E-state index is -0.588. The largest absolute Gasteiger partial charge is 0.452 e. The number of rotatable bonds is 7. The lowest BCUT2D eigenvalue weighted by Crippen LogP contribution is -2.35. The molecular formula is C22H20N4O3. The average molecular weight is 388 g/mol. The topological polar surface area (TPSA) is 88.2 Å². The van der Waals surface area contributed by atoms with Crippen molar-refractivity contribution in [1.29, 1.82) is 5.26 Å². The first-order chi connectivity index (χ1) is 14.1. The molecule has 0 saturated heterocycles. The third-order valence-corrected chi connectivity index (χ3v) is 4.32. The first-order valence-electron chi connectivity index (χ1n) is 9.10. The van der Waals surface area contributed by atoms with Crippen LogP contribution in [0.15, 0.2) is 66.9 Å². The highest BCUT2D eigenvalue weighted by atomic mass is 16.5. The molecule has 3 rings (SSSR count). The lowest BCUT2D eigenvalue weighted by Gasteiger charge is -2.21. The van der Waals surface area contributed by atoms with Gasteiger partial charge in [-0.05, 0) is 49.4 Å². The van der Waals surface area contributed by atoms with Gasteiger partial charge in [0.2, 0.25) is 0 Å². The Bertz CT molecular complexity index is 1020. The molecule has 0 spiro atoms. The van der Waals surface area contributed by atoms with Gasteiger partial charge in [0, 0.05) is 24.1 Å². The zero-order valence-electron chi connectivity index (χ0n) is 16.0. The number of carbonyl (C=O) groups excluding carboxylic acids is 2. The number of amides is 1. The second-order valence-electron chi connectivity index (χ2n) is 6.30. The van der Waals surface area contributed by atoms with E-state index in [0.717, 1.165) is 11.4 Å². The second-order valence-corrected chi connectivity index (χ2v) is 6.30. The minimum absolute atomic E-state index is 0.183. The number of hydrogen-bond donors (Lipinski definition) is 0. The molecule has 7 heteroatoms. The van der Waals surface area contributed by atoms with E-state index in [2.05, 4.69) is 5.10 Å². The minimum Gasteiger partial charge on any atom is -0.452 e. The van der Waals surface area contributed by atoms with Crippen molar-refractivity contribution in [1.82, 2.24) is 9.78 Å². The van der Waals surface area contributed by atoms with Crippen molar-refractivity contribution in [2.24, 2.45) is 0 Å². The van der Waals surface area contributed by atoms with Crippen LogP contribution in [0.4, 0.5) is 5.69 Å². The summed E-state index contributed by atoms with van der Waals surface area (Å²) < 4.78 is 6.95. The predicted octanol–water partition coefficient (Wildman–Crippen LogP) is 3.28. The summed E-state index contributed by atoms with van der Waals surface area (Å²) in [5, 5.41) is 13.1. The van der Waals surface area contributed by atoms with E-state index in [0.29, 0.717) is 11.3 Å². The van der Waals surface area contributed by atoms with Gasteiger partial charge in [0.1, 0.15) is 0 Å². The fraction of sp³-hybridized carbons (Fsp3) is 0.182. The van der Waals surface area contributed by atoms with E-state index >= 15 is 0 Å². The monoisotopic (exact) mass is 388 g/mol. The van der Waals surface area contributed by atoms with Gasteiger partial charge in [-0.2, -0.15) is 10.4 Å². The summed E-state index contributed by atoms with van der Waals surface area (Å²) in [5.41, 5.74) is 2.80. The molecule has 2 aromatic carbocycles. The Morgan fingerprint density at radius 3 is 2.45 bits per heavy atom. The normalized spacial score (nSPS) is 10.2. The van der Waals surface area contributed by atoms with Crippen LogP contribution in [0, 0.1) is 18.3 Å². The molecule has 0 saturated carbocycles. The van der Waals surface area contributed by atoms with Crippen LogP contribution in [0.25, 0.3) is 5.69 Å². The van der Waals surface area contributed by atoms with Crippen molar-refractivity contribution < 1.29 is 14.3 Å². The molecular weight excluding hydrogens is 368 g/mol. The summed E-state index contributed by atoms with van der Waals surface area (Å²) in [5.74, 6) is -0.973. The first-order valence-corrected chi connectivity index (χ1v) is 9.10. The van der Waals surface area contributed by atoms with Crippen LogP contribution in [-0.2, 0) is 9.53 Å². The van der Waals surface area contributed by atoms with Crippen LogP contribution in [0.1, 0.15) is 22.5 Å². The highest BCUT2D eigenvalue weighted by Crippen LogP contribution is 2.15. The van der Waals surface area contributed by atoms with Crippen LogP contribution in [0.3, 0.4) is 0 Å². The molecule has 0 aliphatic heterocycles. The molecule has 0 radical (unpaired) electrons. The van der Waals surface area contributed by atoms with Gasteiger partial charge in [0.05, 0.1) is 23.7 Å². The maximum absolute atomic E-state index is 12.6. The van der Waals surface area contributed by atoms with Crippen molar-refractivity contribution in [3.05, 3.63) is 78.1 Å². The third kappa shape index (κ3) is 4.87. The van der Waals surface area contributed by atoms with Crippen LogP contribution in [0.2, 0.25) is 0 Å². The molecule has 1 aromatic heterocycles. The number of nitrogens with zero attached hydrogens (tertiary/aromatic N) is 4. The first kappa shape index (κ1) is 19.8. The van der Waals surface area contributed by atoms with E-state index in [1.54, 1.807) is 59.4 Å². The standard InChI is InChI=1S/C22H20N4O3/c1-17-12-14-24-26(17)20-10-8-18(9-11-20)22(28)29-16-21(27)25(15-5-13-23)19-6-3-2-4-7-19/h2-4,6-12,14H,5,15-16H2,1H3. The number of aromatic nitrogens is 2. The van der Waals surface area contributed by atoms with Gasteiger partial charge in [0.15, 0.2) is 6.61 Å². The Hall–Kier alpha value is -3.92. The van der Waals surface area contributed by atoms with Crippen molar-refractivity contribution in [2.45, 2.75) is 13.3 Å². The van der Waals surface area contributed by atoms with E-state index in [-0.39, 0.29) is 18.9 Å². The molecule has 0 bridgehead atoms. The molecule has 0 aliphatic carbocycles. The molecule has 0 N–H and O–H groups in total. The predicted molar refractivity (Wildman–Crippen MR) is 108 cm³/mol. The Morgan fingerprint density at radius 1 is 1.10 bits per heavy atom. The number of ether oxygens (including phenoxy) is 1. The van der Waals surface area contributed by atoms with Crippen molar-refractivity contribution in [2.75, 3.05) is 18.1 Å². The fourth-order valence-corrected chi connectivity index (χ4v) is 2.83. The molecule has 29 heavy (non-hydrogen) atoms. The maximum atomic E-state index is 12.6. The summed E-state index contributed by atoms with van der Waals surface area (Å²) in [4.78, 5) is 26.3. The average Bonchev–Trinajstić information content (AvgIpc) is 3.19. The fourth-order valence-electron chi connectivity index (χ4n) is 2.83. The van der Waals surface area contributed by atoms with Crippen LogP contribution in [0.5, 0.6) is 0 Å². The van der Waals surface area contributed by atoms with Gasteiger partial charge < -0.3 is 9.64 Å². The number of esters is 1. The second kappa shape index (κ2) is 9.33. The summed E-state index contributed by atoms with van der Waals surface area (Å²) in [6.07, 6.45) is 1.89. The highest BCUT2D eigenvalue weighted by Gasteiger charge is 2.18. The maximum Gasteiger partial charge on any atom is 0.338 e. The molecule has 146 valence electrons. The third-order valence-electron chi connectivity index (χ3n) is 4.32. The van der Waals surface area contributed by atoms with Crippen molar-refractivity contribution in [3.8, 4) is 11.8 Å². The lowest BCUT2D eigenvalue weighted by molar-refractivity contribution is -0.121. The lowest BCUT2D eigenvalue weighted by atomic mass is 10.2.